The zero-order chi connectivity index (χ0) is 11.3. The molecule has 0 aliphatic rings. The van der Waals surface area contributed by atoms with Crippen LogP contribution in [-0.2, 0) is 0 Å². The van der Waals surface area contributed by atoms with Crippen LogP contribution in [0.5, 0.6) is 5.88 Å². The summed E-state index contributed by atoms with van der Waals surface area (Å²) in [5, 5.41) is 16.7. The lowest BCUT2D eigenvalue weighted by Gasteiger charge is -2.06. The van der Waals surface area contributed by atoms with Crippen LogP contribution < -0.4 is 4.74 Å². The molecule has 4 heteroatoms. The average Bonchev–Trinajstić information content (AvgIpc) is 2.24. The van der Waals surface area contributed by atoms with Crippen LogP contribution in [0.15, 0.2) is 12.2 Å². The molecule has 0 atom stereocenters. The highest BCUT2D eigenvalue weighted by molar-refractivity contribution is 5.44. The first-order valence-electron chi connectivity index (χ1n) is 4.68. The number of nitrogens with zero attached hydrogens (tertiary/aromatic N) is 3. The van der Waals surface area contributed by atoms with Gasteiger partial charge in [0.25, 0.3) is 5.88 Å². The highest BCUT2D eigenvalue weighted by Gasteiger charge is 2.10. The highest BCUT2D eigenvalue weighted by Crippen LogP contribution is 2.18. The monoisotopic (exact) mass is 203 g/mol. The first-order chi connectivity index (χ1) is 7.20. The number of aromatic nitrogens is 2. The fraction of sp³-hybridized carbons (Fsp3) is 0.364. The minimum absolute atomic E-state index is 0.304. The van der Waals surface area contributed by atoms with Gasteiger partial charge in [-0.25, -0.2) is 0 Å². The maximum Gasteiger partial charge on any atom is 0.252 e. The minimum Gasteiger partial charge on any atom is -0.471 e. The first-order valence-corrected chi connectivity index (χ1v) is 4.68. The molecular weight excluding hydrogens is 190 g/mol. The topological polar surface area (TPSA) is 58.8 Å². The van der Waals surface area contributed by atoms with E-state index in [-0.39, 0.29) is 0 Å². The second kappa shape index (κ2) is 5.11. The molecular formula is C11H13N3O. The van der Waals surface area contributed by atoms with Gasteiger partial charge in [-0.15, -0.1) is 5.10 Å². The van der Waals surface area contributed by atoms with Crippen molar-refractivity contribution < 1.29 is 4.74 Å². The molecule has 0 N–H and O–H groups in total. The summed E-state index contributed by atoms with van der Waals surface area (Å²) in [5.41, 5.74) is 2.04. The number of rotatable bonds is 3. The molecule has 0 radical (unpaired) electrons. The number of nitriles is 1. The van der Waals surface area contributed by atoms with Crippen LogP contribution in [0.4, 0.5) is 0 Å². The van der Waals surface area contributed by atoms with E-state index in [9.17, 15) is 0 Å². The Balaban J connectivity index is 2.99. The van der Waals surface area contributed by atoms with E-state index < -0.39 is 0 Å². The maximum absolute atomic E-state index is 8.96. The Bertz CT molecular complexity index is 419. The van der Waals surface area contributed by atoms with Crippen LogP contribution in [0.1, 0.15) is 23.7 Å². The van der Waals surface area contributed by atoms with Gasteiger partial charge in [-0.2, -0.15) is 10.4 Å². The lowest BCUT2D eigenvalue weighted by atomic mass is 10.1. The van der Waals surface area contributed by atoms with Crippen LogP contribution in [0.25, 0.3) is 0 Å². The molecule has 0 saturated heterocycles. The third kappa shape index (κ3) is 2.53. The van der Waals surface area contributed by atoms with Crippen molar-refractivity contribution in [3.63, 3.8) is 0 Å². The van der Waals surface area contributed by atoms with E-state index in [2.05, 4.69) is 16.3 Å². The second-order valence-corrected chi connectivity index (χ2v) is 3.08. The Morgan fingerprint density at radius 3 is 2.73 bits per heavy atom. The van der Waals surface area contributed by atoms with E-state index in [1.807, 2.05) is 32.9 Å². The van der Waals surface area contributed by atoms with E-state index >= 15 is 0 Å². The van der Waals surface area contributed by atoms with Crippen molar-refractivity contribution >= 4 is 0 Å². The summed E-state index contributed by atoms with van der Waals surface area (Å²) in [4.78, 5) is 0. The fourth-order valence-corrected chi connectivity index (χ4v) is 1.04. The number of hydrogen-bond acceptors (Lipinski definition) is 4. The van der Waals surface area contributed by atoms with E-state index in [4.69, 9.17) is 10.00 Å². The number of allylic oxidation sites excluding steroid dienone is 1. The van der Waals surface area contributed by atoms with Crippen molar-refractivity contribution in [2.24, 2.45) is 0 Å². The molecule has 0 unspecified atom stereocenters. The maximum atomic E-state index is 8.96. The predicted octanol–water partition coefficient (Wildman–Crippen LogP) is 1.92. The van der Waals surface area contributed by atoms with E-state index in [1.165, 1.54) is 0 Å². The summed E-state index contributed by atoms with van der Waals surface area (Å²) in [5.74, 6) is 0.304. The van der Waals surface area contributed by atoms with Crippen molar-refractivity contribution in [3.8, 4) is 11.9 Å². The third-order valence-corrected chi connectivity index (χ3v) is 2.09. The Labute approximate surface area is 89.2 Å². The minimum atomic E-state index is 0.304. The quantitative estimate of drug-likeness (QED) is 0.704. The Morgan fingerprint density at radius 1 is 1.40 bits per heavy atom. The Morgan fingerprint density at radius 2 is 2.13 bits per heavy atom. The molecule has 4 nitrogen and oxygen atoms in total. The van der Waals surface area contributed by atoms with Gasteiger partial charge < -0.3 is 4.74 Å². The molecule has 1 aromatic heterocycles. The fourth-order valence-electron chi connectivity index (χ4n) is 1.04. The van der Waals surface area contributed by atoms with Gasteiger partial charge in [0.05, 0.1) is 5.69 Å². The van der Waals surface area contributed by atoms with E-state index in [0.29, 0.717) is 18.1 Å². The molecule has 78 valence electrons. The molecule has 0 aliphatic heterocycles. The molecule has 0 saturated carbocycles. The second-order valence-electron chi connectivity index (χ2n) is 3.08. The normalized spacial score (nSPS) is 10.3. The van der Waals surface area contributed by atoms with Crippen molar-refractivity contribution in [3.05, 3.63) is 29.0 Å². The SMILES string of the molecule is C/C=C/COc1nnc(C)c(C)c1C#N. The van der Waals surface area contributed by atoms with Gasteiger partial charge in [0.1, 0.15) is 18.2 Å². The first kappa shape index (κ1) is 11.2. The van der Waals surface area contributed by atoms with Crippen LogP contribution in [0, 0.1) is 25.2 Å². The molecule has 0 fully saturated rings. The van der Waals surface area contributed by atoms with Crippen molar-refractivity contribution in [1.29, 1.82) is 5.26 Å². The zero-order valence-corrected chi connectivity index (χ0v) is 9.11. The largest absolute Gasteiger partial charge is 0.471 e. The van der Waals surface area contributed by atoms with Gasteiger partial charge in [-0.05, 0) is 26.3 Å². The summed E-state index contributed by atoms with van der Waals surface area (Å²) < 4.78 is 5.32. The third-order valence-electron chi connectivity index (χ3n) is 2.09. The van der Waals surface area contributed by atoms with Crippen molar-refractivity contribution in [1.82, 2.24) is 10.2 Å². The smallest absolute Gasteiger partial charge is 0.252 e. The van der Waals surface area contributed by atoms with Crippen LogP contribution in [0.3, 0.4) is 0 Å². The van der Waals surface area contributed by atoms with Crippen LogP contribution in [-0.4, -0.2) is 16.8 Å². The van der Waals surface area contributed by atoms with Gasteiger partial charge in [0.15, 0.2) is 0 Å². The Kier molecular flexibility index (Phi) is 3.81. The molecule has 1 heterocycles. The Hall–Kier alpha value is -1.89. The van der Waals surface area contributed by atoms with Gasteiger partial charge in [0.2, 0.25) is 0 Å². The van der Waals surface area contributed by atoms with Crippen molar-refractivity contribution in [2.45, 2.75) is 20.8 Å². The van der Waals surface area contributed by atoms with Gasteiger partial charge >= 0.3 is 0 Å². The van der Waals surface area contributed by atoms with Crippen LogP contribution >= 0.6 is 0 Å². The summed E-state index contributed by atoms with van der Waals surface area (Å²) in [6, 6.07) is 2.08. The summed E-state index contributed by atoms with van der Waals surface area (Å²) in [6.45, 7) is 5.97. The molecule has 0 aromatic carbocycles. The van der Waals surface area contributed by atoms with Crippen molar-refractivity contribution in [2.75, 3.05) is 6.61 Å². The molecule has 1 aromatic rings. The molecule has 0 spiro atoms. The summed E-state index contributed by atoms with van der Waals surface area (Å²) in [7, 11) is 0. The molecule has 0 aliphatic carbocycles. The van der Waals surface area contributed by atoms with Gasteiger partial charge in [-0.3, -0.25) is 0 Å². The lowest BCUT2D eigenvalue weighted by Crippen LogP contribution is -2.03. The van der Waals surface area contributed by atoms with Gasteiger partial charge in [0, 0.05) is 0 Å². The van der Waals surface area contributed by atoms with E-state index in [0.717, 1.165) is 11.3 Å². The average molecular weight is 203 g/mol. The molecule has 1 rings (SSSR count). The number of ether oxygens (including phenoxy) is 1. The highest BCUT2D eigenvalue weighted by atomic mass is 16.5. The molecule has 15 heavy (non-hydrogen) atoms. The summed E-state index contributed by atoms with van der Waals surface area (Å²) >= 11 is 0. The number of hydrogen-bond donors (Lipinski definition) is 0. The molecule has 0 amide bonds. The zero-order valence-electron chi connectivity index (χ0n) is 9.11. The summed E-state index contributed by atoms with van der Waals surface area (Å²) in [6.07, 6.45) is 3.72. The van der Waals surface area contributed by atoms with E-state index in [1.54, 1.807) is 0 Å². The predicted molar refractivity (Wildman–Crippen MR) is 56.5 cm³/mol. The van der Waals surface area contributed by atoms with Gasteiger partial charge in [-0.1, -0.05) is 12.2 Å². The standard InChI is InChI=1S/C11H13N3O/c1-4-5-6-15-11-10(7-12)8(2)9(3)13-14-11/h4-5H,6H2,1-3H3/b5-4+. The lowest BCUT2D eigenvalue weighted by molar-refractivity contribution is 0.341. The number of aryl methyl sites for hydroxylation is 1. The van der Waals surface area contributed by atoms with Crippen LogP contribution in [0.2, 0.25) is 0 Å². The molecule has 0 bridgehead atoms.